The summed E-state index contributed by atoms with van der Waals surface area (Å²) in [5.41, 5.74) is 3.72. The summed E-state index contributed by atoms with van der Waals surface area (Å²) in [6, 6.07) is 16.4. The second-order valence-corrected chi connectivity index (χ2v) is 4.19. The van der Waals surface area contributed by atoms with Gasteiger partial charge in [-0.3, -0.25) is 0 Å². The van der Waals surface area contributed by atoms with Gasteiger partial charge in [0, 0.05) is 17.8 Å². The Bertz CT molecular complexity index is 445. The topological polar surface area (TPSA) is 12.0 Å². The Kier molecular flexibility index (Phi) is 3.47. The largest absolute Gasteiger partial charge is 0.388 e. The van der Waals surface area contributed by atoms with E-state index in [-0.39, 0.29) is 0 Å². The van der Waals surface area contributed by atoms with Gasteiger partial charge < -0.3 is 5.32 Å². The third-order valence-electron chi connectivity index (χ3n) is 2.56. The van der Waals surface area contributed by atoms with Crippen molar-refractivity contribution in [3.63, 3.8) is 0 Å². The monoisotopic (exact) mass is 231 g/mol. The van der Waals surface area contributed by atoms with E-state index in [1.165, 1.54) is 11.1 Å². The van der Waals surface area contributed by atoms with Gasteiger partial charge in [-0.1, -0.05) is 35.9 Å². The molecule has 0 amide bonds. The number of halogens is 1. The van der Waals surface area contributed by atoms with Crippen molar-refractivity contribution in [2.45, 2.75) is 6.42 Å². The molecule has 2 heteroatoms. The van der Waals surface area contributed by atoms with Crippen molar-refractivity contribution in [1.29, 1.82) is 0 Å². The van der Waals surface area contributed by atoms with Crippen LogP contribution in [0.1, 0.15) is 11.1 Å². The zero-order valence-electron chi connectivity index (χ0n) is 9.20. The Labute approximate surface area is 101 Å². The summed E-state index contributed by atoms with van der Waals surface area (Å²) in [5.74, 6) is 0. The van der Waals surface area contributed by atoms with Crippen molar-refractivity contribution in [2.75, 3.05) is 12.4 Å². The first-order valence-corrected chi connectivity index (χ1v) is 5.67. The van der Waals surface area contributed by atoms with E-state index in [1.54, 1.807) is 0 Å². The molecule has 0 spiro atoms. The van der Waals surface area contributed by atoms with Gasteiger partial charge in [-0.15, -0.1) is 0 Å². The van der Waals surface area contributed by atoms with Crippen LogP contribution in [0.5, 0.6) is 0 Å². The van der Waals surface area contributed by atoms with Crippen molar-refractivity contribution in [2.24, 2.45) is 0 Å². The smallest absolute Gasteiger partial charge is 0.0406 e. The summed E-state index contributed by atoms with van der Waals surface area (Å²) >= 11 is 5.85. The normalized spacial score (nSPS) is 10.1. The molecule has 2 rings (SSSR count). The molecule has 0 aliphatic heterocycles. The maximum Gasteiger partial charge on any atom is 0.0406 e. The summed E-state index contributed by atoms with van der Waals surface area (Å²) in [6.07, 6.45) is 0.946. The Morgan fingerprint density at radius 3 is 1.88 bits per heavy atom. The second kappa shape index (κ2) is 5.04. The molecule has 1 nitrogen and oxygen atoms in total. The molecule has 0 unspecified atom stereocenters. The average molecular weight is 232 g/mol. The zero-order valence-corrected chi connectivity index (χ0v) is 9.96. The molecule has 82 valence electrons. The number of hydrogen-bond donors (Lipinski definition) is 1. The molecule has 0 bridgehead atoms. The fraction of sp³-hybridized carbons (Fsp3) is 0.143. The van der Waals surface area contributed by atoms with Crippen LogP contribution in [0.4, 0.5) is 5.69 Å². The summed E-state index contributed by atoms with van der Waals surface area (Å²) in [7, 11) is 1.92. The third-order valence-corrected chi connectivity index (χ3v) is 2.82. The van der Waals surface area contributed by atoms with Gasteiger partial charge in [0.05, 0.1) is 0 Å². The molecule has 2 aromatic carbocycles. The summed E-state index contributed by atoms with van der Waals surface area (Å²) in [4.78, 5) is 0. The van der Waals surface area contributed by atoms with Crippen molar-refractivity contribution in [3.05, 3.63) is 64.7 Å². The van der Waals surface area contributed by atoms with Crippen LogP contribution >= 0.6 is 11.6 Å². The molecule has 1 N–H and O–H groups in total. The number of anilines is 1. The van der Waals surface area contributed by atoms with Crippen LogP contribution in [0.2, 0.25) is 5.02 Å². The molecule has 0 radical (unpaired) electrons. The van der Waals surface area contributed by atoms with Crippen LogP contribution in [0.25, 0.3) is 0 Å². The predicted molar refractivity (Wildman–Crippen MR) is 70.2 cm³/mol. The third kappa shape index (κ3) is 2.77. The molecule has 0 fully saturated rings. The van der Waals surface area contributed by atoms with E-state index in [4.69, 9.17) is 11.6 Å². The fourth-order valence-corrected chi connectivity index (χ4v) is 1.75. The Morgan fingerprint density at radius 2 is 1.38 bits per heavy atom. The van der Waals surface area contributed by atoms with E-state index in [0.717, 1.165) is 17.1 Å². The van der Waals surface area contributed by atoms with Gasteiger partial charge in [-0.25, -0.2) is 0 Å². The number of benzene rings is 2. The van der Waals surface area contributed by atoms with E-state index in [2.05, 4.69) is 41.7 Å². The van der Waals surface area contributed by atoms with Crippen molar-refractivity contribution < 1.29 is 0 Å². The van der Waals surface area contributed by atoms with E-state index in [9.17, 15) is 0 Å². The van der Waals surface area contributed by atoms with Gasteiger partial charge in [-0.05, 0) is 41.8 Å². The summed E-state index contributed by atoms with van der Waals surface area (Å²) < 4.78 is 0. The van der Waals surface area contributed by atoms with Crippen LogP contribution < -0.4 is 5.32 Å². The summed E-state index contributed by atoms with van der Waals surface area (Å²) in [6.45, 7) is 0. The molecule has 0 aromatic heterocycles. The highest BCUT2D eigenvalue weighted by molar-refractivity contribution is 6.30. The quantitative estimate of drug-likeness (QED) is 0.843. The zero-order chi connectivity index (χ0) is 11.4. The number of nitrogens with one attached hydrogen (secondary N) is 1. The van der Waals surface area contributed by atoms with Crippen molar-refractivity contribution in [3.8, 4) is 0 Å². The van der Waals surface area contributed by atoms with Gasteiger partial charge in [0.2, 0.25) is 0 Å². The first kappa shape index (κ1) is 11.0. The minimum atomic E-state index is 0.786. The molecule has 0 aliphatic rings. The minimum Gasteiger partial charge on any atom is -0.388 e. The lowest BCUT2D eigenvalue weighted by atomic mass is 10.0. The lowest BCUT2D eigenvalue weighted by Crippen LogP contribution is -1.90. The predicted octanol–water partition coefficient (Wildman–Crippen LogP) is 3.97. The maximum atomic E-state index is 5.85. The van der Waals surface area contributed by atoms with E-state index >= 15 is 0 Å². The standard InChI is InChI=1S/C14H14ClN/c1-16-14-8-4-12(5-9-14)10-11-2-6-13(15)7-3-11/h2-9,16H,10H2,1H3. The maximum absolute atomic E-state index is 5.85. The number of rotatable bonds is 3. The van der Waals surface area contributed by atoms with Crippen molar-refractivity contribution >= 4 is 17.3 Å². The molecule has 2 aromatic rings. The van der Waals surface area contributed by atoms with Gasteiger partial charge in [0.15, 0.2) is 0 Å². The molecular weight excluding hydrogens is 218 g/mol. The molecule has 0 heterocycles. The van der Waals surface area contributed by atoms with Gasteiger partial charge >= 0.3 is 0 Å². The highest BCUT2D eigenvalue weighted by Crippen LogP contribution is 2.15. The van der Waals surface area contributed by atoms with Crippen molar-refractivity contribution in [1.82, 2.24) is 0 Å². The lowest BCUT2D eigenvalue weighted by molar-refractivity contribution is 1.19. The van der Waals surface area contributed by atoms with Crippen LogP contribution in [-0.2, 0) is 6.42 Å². The van der Waals surface area contributed by atoms with E-state index in [0.29, 0.717) is 0 Å². The Morgan fingerprint density at radius 1 is 0.875 bits per heavy atom. The van der Waals surface area contributed by atoms with Gasteiger partial charge in [0.25, 0.3) is 0 Å². The lowest BCUT2D eigenvalue weighted by Gasteiger charge is -2.04. The van der Waals surface area contributed by atoms with Crippen LogP contribution in [0.3, 0.4) is 0 Å². The van der Waals surface area contributed by atoms with Crippen LogP contribution in [0.15, 0.2) is 48.5 Å². The first-order valence-electron chi connectivity index (χ1n) is 5.29. The van der Waals surface area contributed by atoms with Gasteiger partial charge in [0.1, 0.15) is 0 Å². The highest BCUT2D eigenvalue weighted by atomic mass is 35.5. The van der Waals surface area contributed by atoms with E-state index < -0.39 is 0 Å². The van der Waals surface area contributed by atoms with Crippen LogP contribution in [-0.4, -0.2) is 7.05 Å². The SMILES string of the molecule is CNc1ccc(Cc2ccc(Cl)cc2)cc1. The molecule has 0 saturated carbocycles. The highest BCUT2D eigenvalue weighted by Gasteiger charge is 1.96. The van der Waals surface area contributed by atoms with E-state index in [1.807, 2.05) is 19.2 Å². The average Bonchev–Trinajstić information content (AvgIpc) is 2.33. The molecule has 16 heavy (non-hydrogen) atoms. The fourth-order valence-electron chi connectivity index (χ4n) is 1.63. The first-order chi connectivity index (χ1) is 7.78. The molecule has 0 aliphatic carbocycles. The Hall–Kier alpha value is -1.47. The Balaban J connectivity index is 2.11. The summed E-state index contributed by atoms with van der Waals surface area (Å²) in [5, 5.41) is 3.89. The van der Waals surface area contributed by atoms with Gasteiger partial charge in [-0.2, -0.15) is 0 Å². The molecular formula is C14H14ClN. The second-order valence-electron chi connectivity index (χ2n) is 3.75. The minimum absolute atomic E-state index is 0.786. The number of hydrogen-bond acceptors (Lipinski definition) is 1. The molecule has 0 atom stereocenters. The van der Waals surface area contributed by atoms with Crippen LogP contribution in [0, 0.1) is 0 Å². The molecule has 0 saturated heterocycles.